The number of anilines is 1. The molecule has 0 aliphatic rings. The smallest absolute Gasteiger partial charge is 0.233 e. The van der Waals surface area contributed by atoms with Gasteiger partial charge in [0.25, 0.3) is 0 Å². The van der Waals surface area contributed by atoms with Crippen LogP contribution < -0.4 is 5.32 Å². The zero-order valence-electron chi connectivity index (χ0n) is 20.5. The summed E-state index contributed by atoms with van der Waals surface area (Å²) in [4.78, 5) is 16.2. The molecular weight excluding hydrogens is 416 g/mol. The van der Waals surface area contributed by atoms with E-state index >= 15 is 0 Å². The summed E-state index contributed by atoms with van der Waals surface area (Å²) in [5.74, 6) is -0.238. The minimum atomic E-state index is -0.375. The number of carbonyl (C=O) groups is 1. The quantitative estimate of drug-likeness (QED) is 0.303. The van der Waals surface area contributed by atoms with Crippen molar-refractivity contribution in [2.24, 2.45) is 0 Å². The Bertz CT molecular complexity index is 1210. The maximum Gasteiger partial charge on any atom is 0.233 e. The van der Waals surface area contributed by atoms with Crippen LogP contribution in [0.2, 0.25) is 0 Å². The van der Waals surface area contributed by atoms with Gasteiger partial charge in [-0.3, -0.25) is 4.79 Å². The van der Waals surface area contributed by atoms with Crippen molar-refractivity contribution in [2.45, 2.75) is 51.7 Å². The van der Waals surface area contributed by atoms with Crippen LogP contribution in [0.25, 0.3) is 10.8 Å². The summed E-state index contributed by atoms with van der Waals surface area (Å²) < 4.78 is 0. The first-order valence-corrected chi connectivity index (χ1v) is 12.1. The van der Waals surface area contributed by atoms with E-state index in [1.165, 1.54) is 10.8 Å². The molecule has 0 unspecified atom stereocenters. The van der Waals surface area contributed by atoms with Crippen LogP contribution in [0.4, 0.5) is 5.69 Å². The van der Waals surface area contributed by atoms with Crippen LogP contribution in [-0.4, -0.2) is 22.9 Å². The lowest BCUT2D eigenvalue weighted by Gasteiger charge is -2.37. The molecule has 0 bridgehead atoms. The number of benzene rings is 4. The molecule has 34 heavy (non-hydrogen) atoms. The second kappa shape index (κ2) is 10.6. The van der Waals surface area contributed by atoms with Crippen molar-refractivity contribution >= 4 is 22.4 Å². The van der Waals surface area contributed by atoms with Gasteiger partial charge in [-0.2, -0.15) is 0 Å². The van der Waals surface area contributed by atoms with Crippen molar-refractivity contribution in [3.63, 3.8) is 0 Å². The van der Waals surface area contributed by atoms with Gasteiger partial charge in [-0.05, 0) is 61.7 Å². The van der Waals surface area contributed by atoms with Crippen LogP contribution in [0.15, 0.2) is 103 Å². The highest BCUT2D eigenvalue weighted by Gasteiger charge is 2.36. The Kier molecular flexibility index (Phi) is 7.32. The van der Waals surface area contributed by atoms with E-state index in [-0.39, 0.29) is 30.0 Å². The van der Waals surface area contributed by atoms with Crippen LogP contribution in [0.5, 0.6) is 0 Å². The monoisotopic (exact) mass is 450 g/mol. The van der Waals surface area contributed by atoms with E-state index in [0.717, 1.165) is 16.8 Å². The highest BCUT2D eigenvalue weighted by Crippen LogP contribution is 2.37. The normalized spacial score (nSPS) is 13.1. The first-order chi connectivity index (χ1) is 16.5. The van der Waals surface area contributed by atoms with Crippen molar-refractivity contribution in [1.82, 2.24) is 4.90 Å². The number of hydrogen-bond acceptors (Lipinski definition) is 2. The van der Waals surface area contributed by atoms with Crippen LogP contribution >= 0.6 is 0 Å². The molecule has 174 valence electrons. The first kappa shape index (κ1) is 23.6. The minimum Gasteiger partial charge on any atom is -0.377 e. The standard InChI is InChI=1S/C31H34N2O/c1-22(2)33(23(3)4)31(34)29(25-14-7-5-8-15-25)30(26-16-9-6-10-17-26)32-28-20-19-24-13-11-12-18-27(24)21-28/h5-23,29-30,32H,1-4H3/t29-,30-/m1/s1. The molecule has 1 N–H and O–H groups in total. The Balaban J connectivity index is 1.83. The Morgan fingerprint density at radius 1 is 0.647 bits per heavy atom. The van der Waals surface area contributed by atoms with Crippen molar-refractivity contribution in [3.05, 3.63) is 114 Å². The molecule has 2 atom stereocenters. The molecule has 4 aromatic rings. The van der Waals surface area contributed by atoms with Crippen LogP contribution in [0.1, 0.15) is 50.8 Å². The molecule has 0 radical (unpaired) electrons. The lowest BCUT2D eigenvalue weighted by atomic mass is 9.85. The van der Waals surface area contributed by atoms with E-state index in [2.05, 4.69) is 99.7 Å². The molecule has 4 rings (SSSR count). The lowest BCUT2D eigenvalue weighted by molar-refractivity contribution is -0.136. The van der Waals surface area contributed by atoms with Gasteiger partial charge in [0.05, 0.1) is 12.0 Å². The van der Waals surface area contributed by atoms with Gasteiger partial charge >= 0.3 is 0 Å². The van der Waals surface area contributed by atoms with Crippen molar-refractivity contribution < 1.29 is 4.79 Å². The van der Waals surface area contributed by atoms with Gasteiger partial charge in [-0.25, -0.2) is 0 Å². The summed E-state index contributed by atoms with van der Waals surface area (Å²) in [6, 6.07) is 35.2. The third kappa shape index (κ3) is 5.14. The fourth-order valence-electron chi connectivity index (χ4n) is 4.88. The number of nitrogens with one attached hydrogen (secondary N) is 1. The van der Waals surface area contributed by atoms with E-state index in [4.69, 9.17) is 0 Å². The summed E-state index contributed by atoms with van der Waals surface area (Å²) in [7, 11) is 0. The molecule has 0 aliphatic carbocycles. The summed E-state index contributed by atoms with van der Waals surface area (Å²) in [6.07, 6.45) is 0. The van der Waals surface area contributed by atoms with E-state index < -0.39 is 0 Å². The zero-order chi connectivity index (χ0) is 24.1. The summed E-state index contributed by atoms with van der Waals surface area (Å²) in [6.45, 7) is 8.37. The SMILES string of the molecule is CC(C)N(C(=O)[C@H](c1ccccc1)[C@H](Nc1ccc2ccccc2c1)c1ccccc1)C(C)C. The van der Waals surface area contributed by atoms with Gasteiger partial charge in [0.15, 0.2) is 0 Å². The van der Waals surface area contributed by atoms with E-state index in [9.17, 15) is 4.79 Å². The Labute approximate surface area is 203 Å². The van der Waals surface area contributed by atoms with Crippen LogP contribution in [0.3, 0.4) is 0 Å². The van der Waals surface area contributed by atoms with Crippen LogP contribution in [-0.2, 0) is 4.79 Å². The summed E-state index contributed by atoms with van der Waals surface area (Å²) in [5.41, 5.74) is 3.10. The highest BCUT2D eigenvalue weighted by atomic mass is 16.2. The fourth-order valence-corrected chi connectivity index (χ4v) is 4.88. The second-order valence-corrected chi connectivity index (χ2v) is 9.42. The summed E-state index contributed by atoms with van der Waals surface area (Å²) >= 11 is 0. The molecule has 3 nitrogen and oxygen atoms in total. The predicted molar refractivity (Wildman–Crippen MR) is 143 cm³/mol. The molecule has 0 saturated heterocycles. The Hall–Kier alpha value is -3.59. The third-order valence-corrected chi connectivity index (χ3v) is 6.36. The third-order valence-electron chi connectivity index (χ3n) is 6.36. The van der Waals surface area contributed by atoms with Crippen molar-refractivity contribution in [3.8, 4) is 0 Å². The number of amides is 1. The first-order valence-electron chi connectivity index (χ1n) is 12.1. The van der Waals surface area contributed by atoms with E-state index in [1.54, 1.807) is 0 Å². The molecule has 0 heterocycles. The van der Waals surface area contributed by atoms with Gasteiger partial charge in [0, 0.05) is 17.8 Å². The zero-order valence-corrected chi connectivity index (χ0v) is 20.5. The number of carbonyl (C=O) groups excluding carboxylic acids is 1. The number of fused-ring (bicyclic) bond motifs is 1. The Morgan fingerprint density at radius 2 is 1.18 bits per heavy atom. The fraction of sp³-hybridized carbons (Fsp3) is 0.258. The molecule has 0 aliphatic heterocycles. The summed E-state index contributed by atoms with van der Waals surface area (Å²) in [5, 5.41) is 6.13. The Morgan fingerprint density at radius 3 is 1.76 bits per heavy atom. The van der Waals surface area contributed by atoms with E-state index in [1.807, 2.05) is 41.3 Å². The predicted octanol–water partition coefficient (Wildman–Crippen LogP) is 7.42. The molecule has 3 heteroatoms. The number of nitrogens with zero attached hydrogens (tertiary/aromatic N) is 1. The number of rotatable bonds is 8. The average molecular weight is 451 g/mol. The maximum absolute atomic E-state index is 14.2. The number of hydrogen-bond donors (Lipinski definition) is 1. The van der Waals surface area contributed by atoms with Gasteiger partial charge in [-0.1, -0.05) is 91.0 Å². The van der Waals surface area contributed by atoms with Gasteiger partial charge < -0.3 is 10.2 Å². The molecular formula is C31H34N2O. The average Bonchev–Trinajstić information content (AvgIpc) is 2.84. The topological polar surface area (TPSA) is 32.3 Å². The maximum atomic E-state index is 14.2. The molecule has 0 aromatic heterocycles. The highest BCUT2D eigenvalue weighted by molar-refractivity contribution is 5.88. The molecule has 0 fully saturated rings. The van der Waals surface area contributed by atoms with Gasteiger partial charge in [-0.15, -0.1) is 0 Å². The lowest BCUT2D eigenvalue weighted by Crippen LogP contribution is -2.46. The van der Waals surface area contributed by atoms with Crippen LogP contribution in [0, 0.1) is 0 Å². The van der Waals surface area contributed by atoms with Gasteiger partial charge in [0.2, 0.25) is 5.91 Å². The second-order valence-electron chi connectivity index (χ2n) is 9.42. The molecule has 1 amide bonds. The van der Waals surface area contributed by atoms with E-state index in [0.29, 0.717) is 0 Å². The largest absolute Gasteiger partial charge is 0.377 e. The van der Waals surface area contributed by atoms with Crippen molar-refractivity contribution in [2.75, 3.05) is 5.32 Å². The molecule has 4 aromatic carbocycles. The molecule has 0 saturated carbocycles. The molecule has 0 spiro atoms. The minimum absolute atomic E-state index is 0.107. The van der Waals surface area contributed by atoms with Crippen molar-refractivity contribution in [1.29, 1.82) is 0 Å². The van der Waals surface area contributed by atoms with Gasteiger partial charge in [0.1, 0.15) is 0 Å².